The van der Waals surface area contributed by atoms with Gasteiger partial charge in [-0.15, -0.1) is 0 Å². The molecule has 2 aromatic rings. The van der Waals surface area contributed by atoms with Gasteiger partial charge < -0.3 is 10.1 Å². The summed E-state index contributed by atoms with van der Waals surface area (Å²) >= 11 is 0. The lowest BCUT2D eigenvalue weighted by atomic mass is 10.1. The topological polar surface area (TPSA) is 98.1 Å². The molecule has 22 heavy (non-hydrogen) atoms. The van der Waals surface area contributed by atoms with Crippen molar-refractivity contribution in [3.8, 4) is 5.75 Å². The van der Waals surface area contributed by atoms with Crippen molar-refractivity contribution in [3.05, 3.63) is 30.1 Å². The zero-order chi connectivity index (χ0) is 15.7. The molecule has 2 heterocycles. The molecule has 0 saturated heterocycles. The number of nitrogens with one attached hydrogen (secondary N) is 2. The fourth-order valence-electron chi connectivity index (χ4n) is 2.35. The number of aryl methyl sites for hydroxylation is 1. The maximum absolute atomic E-state index is 12.2. The van der Waals surface area contributed by atoms with Crippen LogP contribution < -0.4 is 15.4 Å². The Labute approximate surface area is 126 Å². The van der Waals surface area contributed by atoms with Crippen LogP contribution in [0.3, 0.4) is 0 Å². The van der Waals surface area contributed by atoms with E-state index in [1.54, 1.807) is 6.07 Å². The monoisotopic (exact) mass is 301 g/mol. The molecule has 3 rings (SSSR count). The first-order valence-corrected chi connectivity index (χ1v) is 6.73. The van der Waals surface area contributed by atoms with E-state index >= 15 is 0 Å². The van der Waals surface area contributed by atoms with Crippen molar-refractivity contribution in [3.63, 3.8) is 0 Å². The third kappa shape index (κ3) is 2.50. The molecule has 0 aliphatic carbocycles. The van der Waals surface area contributed by atoms with E-state index in [4.69, 9.17) is 4.74 Å². The lowest BCUT2D eigenvalue weighted by molar-refractivity contribution is -0.123. The first kappa shape index (κ1) is 14.1. The van der Waals surface area contributed by atoms with E-state index in [0.29, 0.717) is 17.4 Å². The first-order chi connectivity index (χ1) is 10.6. The Morgan fingerprint density at radius 1 is 1.50 bits per heavy atom. The molecule has 8 heteroatoms. The maximum atomic E-state index is 12.2. The highest BCUT2D eigenvalue weighted by atomic mass is 16.5. The number of hydrogen-bond acceptors (Lipinski definition) is 5. The molecular formula is C14H15N5O3. The summed E-state index contributed by atoms with van der Waals surface area (Å²) in [6.45, 7) is 1.92. The summed E-state index contributed by atoms with van der Waals surface area (Å²) in [5, 5.41) is 9.30. The molecule has 1 aliphatic heterocycles. The van der Waals surface area contributed by atoms with Gasteiger partial charge in [-0.3, -0.25) is 14.9 Å². The quantitative estimate of drug-likeness (QED) is 0.881. The number of amides is 2. The Morgan fingerprint density at radius 3 is 3.09 bits per heavy atom. The number of aromatic nitrogens is 3. The molecule has 1 aliphatic rings. The summed E-state index contributed by atoms with van der Waals surface area (Å²) < 4.78 is 6.63. The second-order valence-electron chi connectivity index (χ2n) is 4.99. The number of fused-ring (bicyclic) bond motifs is 1. The Morgan fingerprint density at radius 2 is 2.32 bits per heavy atom. The van der Waals surface area contributed by atoms with E-state index in [-0.39, 0.29) is 18.2 Å². The van der Waals surface area contributed by atoms with E-state index in [9.17, 15) is 9.59 Å². The minimum absolute atomic E-state index is 0.0285. The molecule has 0 unspecified atom stereocenters. The summed E-state index contributed by atoms with van der Waals surface area (Å²) in [5.74, 6) is 0.335. The molecule has 2 N–H and O–H groups in total. The van der Waals surface area contributed by atoms with Gasteiger partial charge >= 0.3 is 0 Å². The average molecular weight is 301 g/mol. The van der Waals surface area contributed by atoms with Crippen molar-refractivity contribution in [2.24, 2.45) is 0 Å². The molecular weight excluding hydrogens is 286 g/mol. The number of rotatable bonds is 4. The third-order valence-corrected chi connectivity index (χ3v) is 3.41. The van der Waals surface area contributed by atoms with Crippen LogP contribution in [0, 0.1) is 6.92 Å². The van der Waals surface area contributed by atoms with Crippen LogP contribution in [0.25, 0.3) is 0 Å². The van der Waals surface area contributed by atoms with Gasteiger partial charge in [0.25, 0.3) is 5.91 Å². The highest BCUT2D eigenvalue weighted by molar-refractivity contribution is 6.01. The summed E-state index contributed by atoms with van der Waals surface area (Å²) in [5.41, 5.74) is 1.57. The van der Waals surface area contributed by atoms with Crippen molar-refractivity contribution < 1.29 is 14.3 Å². The van der Waals surface area contributed by atoms with Gasteiger partial charge in [0.2, 0.25) is 11.9 Å². The Bertz CT molecular complexity index is 740. The SMILES string of the molecule is COc1ccc(C)cc1NC(=O)C[C@@H]1C(=O)Nc2ncnn21. The smallest absolute Gasteiger partial charge is 0.252 e. The van der Waals surface area contributed by atoms with Gasteiger partial charge in [-0.05, 0) is 24.6 Å². The summed E-state index contributed by atoms with van der Waals surface area (Å²) in [7, 11) is 1.53. The normalized spacial score (nSPS) is 16.1. The van der Waals surface area contributed by atoms with Gasteiger partial charge in [0.05, 0.1) is 19.2 Å². The predicted molar refractivity (Wildman–Crippen MR) is 78.7 cm³/mol. The van der Waals surface area contributed by atoms with Gasteiger partial charge in [0.15, 0.2) is 0 Å². The van der Waals surface area contributed by atoms with Crippen LogP contribution in [-0.4, -0.2) is 33.7 Å². The number of carbonyl (C=O) groups excluding carboxylic acids is 2. The highest BCUT2D eigenvalue weighted by Crippen LogP contribution is 2.27. The van der Waals surface area contributed by atoms with Crippen molar-refractivity contribution in [1.82, 2.24) is 14.8 Å². The van der Waals surface area contributed by atoms with E-state index in [0.717, 1.165) is 5.56 Å². The number of benzene rings is 1. The summed E-state index contributed by atoms with van der Waals surface area (Å²) in [6.07, 6.45) is 1.31. The van der Waals surface area contributed by atoms with Crippen molar-refractivity contribution in [1.29, 1.82) is 0 Å². The zero-order valence-electron chi connectivity index (χ0n) is 12.2. The van der Waals surface area contributed by atoms with E-state index in [1.165, 1.54) is 18.1 Å². The largest absolute Gasteiger partial charge is 0.495 e. The van der Waals surface area contributed by atoms with Crippen LogP contribution in [0.4, 0.5) is 11.6 Å². The van der Waals surface area contributed by atoms with E-state index in [2.05, 4.69) is 20.7 Å². The Hall–Kier alpha value is -2.90. The summed E-state index contributed by atoms with van der Waals surface area (Å²) in [4.78, 5) is 28.0. The molecule has 0 spiro atoms. The Kier molecular flexibility index (Phi) is 3.50. The van der Waals surface area contributed by atoms with Gasteiger partial charge in [-0.1, -0.05) is 6.07 Å². The molecule has 0 bridgehead atoms. The van der Waals surface area contributed by atoms with E-state index in [1.807, 2.05) is 19.1 Å². The van der Waals surface area contributed by atoms with Crippen molar-refractivity contribution in [2.45, 2.75) is 19.4 Å². The minimum Gasteiger partial charge on any atom is -0.495 e. The molecule has 8 nitrogen and oxygen atoms in total. The number of nitrogens with zero attached hydrogens (tertiary/aromatic N) is 3. The lowest BCUT2D eigenvalue weighted by Crippen LogP contribution is -2.23. The molecule has 1 aromatic heterocycles. The second-order valence-corrected chi connectivity index (χ2v) is 4.99. The van der Waals surface area contributed by atoms with Crippen molar-refractivity contribution >= 4 is 23.5 Å². The minimum atomic E-state index is -0.687. The van der Waals surface area contributed by atoms with Crippen LogP contribution in [0.1, 0.15) is 18.0 Å². The number of anilines is 2. The second kappa shape index (κ2) is 5.47. The van der Waals surface area contributed by atoms with Crippen LogP contribution in [0.15, 0.2) is 24.5 Å². The van der Waals surface area contributed by atoms with Crippen molar-refractivity contribution in [2.75, 3.05) is 17.7 Å². The van der Waals surface area contributed by atoms with Gasteiger partial charge in [-0.2, -0.15) is 10.1 Å². The molecule has 0 radical (unpaired) electrons. The van der Waals surface area contributed by atoms with Crippen LogP contribution in [0.2, 0.25) is 0 Å². The lowest BCUT2D eigenvalue weighted by Gasteiger charge is -2.12. The standard InChI is InChI=1S/C14H15N5O3/c1-8-3-4-11(22-2)9(5-8)17-12(20)6-10-13(21)18-14-15-7-16-19(10)14/h3-5,7,10H,6H2,1-2H3,(H,17,20)(H,15,16,18,21)/t10-/m1/s1. The van der Waals surface area contributed by atoms with Crippen LogP contribution >= 0.6 is 0 Å². The fraction of sp³-hybridized carbons (Fsp3) is 0.286. The number of ether oxygens (including phenoxy) is 1. The number of methoxy groups -OCH3 is 1. The first-order valence-electron chi connectivity index (χ1n) is 6.73. The molecule has 2 amide bonds. The molecule has 1 atom stereocenters. The fourth-order valence-corrected chi connectivity index (χ4v) is 2.35. The molecule has 0 saturated carbocycles. The molecule has 114 valence electrons. The Balaban J connectivity index is 1.74. The predicted octanol–water partition coefficient (Wildman–Crippen LogP) is 1.12. The molecule has 0 fully saturated rings. The maximum Gasteiger partial charge on any atom is 0.252 e. The van der Waals surface area contributed by atoms with Gasteiger partial charge in [0.1, 0.15) is 18.1 Å². The highest BCUT2D eigenvalue weighted by Gasteiger charge is 2.33. The van der Waals surface area contributed by atoms with E-state index < -0.39 is 6.04 Å². The zero-order valence-corrected chi connectivity index (χ0v) is 12.2. The number of hydrogen-bond donors (Lipinski definition) is 2. The third-order valence-electron chi connectivity index (χ3n) is 3.41. The van der Waals surface area contributed by atoms with Crippen LogP contribution in [-0.2, 0) is 9.59 Å². The van der Waals surface area contributed by atoms with Crippen LogP contribution in [0.5, 0.6) is 5.75 Å². The molecule has 1 aromatic carbocycles. The van der Waals surface area contributed by atoms with Gasteiger partial charge in [-0.25, -0.2) is 4.68 Å². The van der Waals surface area contributed by atoms with Gasteiger partial charge in [0, 0.05) is 0 Å². The summed E-state index contributed by atoms with van der Waals surface area (Å²) in [6, 6.07) is 4.80. The number of carbonyl (C=O) groups is 2. The average Bonchev–Trinajstić information content (AvgIpc) is 3.02.